The van der Waals surface area contributed by atoms with E-state index in [1.54, 1.807) is 19.3 Å². The molecule has 2 N–H and O–H groups in total. The molecule has 6 heteroatoms. The predicted octanol–water partition coefficient (Wildman–Crippen LogP) is 3.56. The van der Waals surface area contributed by atoms with Gasteiger partial charge in [-0.25, -0.2) is 4.39 Å². The van der Waals surface area contributed by atoms with Crippen LogP contribution in [0.5, 0.6) is 0 Å². The van der Waals surface area contributed by atoms with Crippen molar-refractivity contribution < 1.29 is 4.39 Å². The highest BCUT2D eigenvalue weighted by Gasteiger charge is 2.24. The van der Waals surface area contributed by atoms with Crippen LogP contribution in [0.3, 0.4) is 0 Å². The van der Waals surface area contributed by atoms with Gasteiger partial charge in [0.15, 0.2) is 5.96 Å². The molecule has 0 atom stereocenters. The zero-order chi connectivity index (χ0) is 18.3. The van der Waals surface area contributed by atoms with Gasteiger partial charge in [-0.15, -0.1) is 0 Å². The Kier molecular flexibility index (Phi) is 6.76. The van der Waals surface area contributed by atoms with Gasteiger partial charge in [-0.1, -0.05) is 37.6 Å². The lowest BCUT2D eigenvalue weighted by atomic mass is 9.84. The van der Waals surface area contributed by atoms with E-state index in [0.717, 1.165) is 24.2 Å². The average molecular weight is 363 g/mol. The third-order valence-electron chi connectivity index (χ3n) is 3.98. The number of aromatic nitrogens is 1. The first-order valence-corrected chi connectivity index (χ1v) is 8.60. The van der Waals surface area contributed by atoms with Crippen molar-refractivity contribution in [1.82, 2.24) is 15.6 Å². The minimum absolute atomic E-state index is 0.274. The highest BCUT2D eigenvalue weighted by Crippen LogP contribution is 2.29. The smallest absolute Gasteiger partial charge is 0.191 e. The Labute approximate surface area is 153 Å². The number of hydrogen-bond donors (Lipinski definition) is 2. The molecule has 0 amide bonds. The topological polar surface area (TPSA) is 49.3 Å². The minimum atomic E-state index is -0.329. The second-order valence-corrected chi connectivity index (χ2v) is 6.84. The molecule has 134 valence electrons. The lowest BCUT2D eigenvalue weighted by Gasteiger charge is -2.27. The Morgan fingerprint density at radius 2 is 2.04 bits per heavy atom. The highest BCUT2D eigenvalue weighted by molar-refractivity contribution is 6.31. The largest absolute Gasteiger partial charge is 0.356 e. The van der Waals surface area contributed by atoms with Gasteiger partial charge in [-0.2, -0.15) is 0 Å². The van der Waals surface area contributed by atoms with Crippen molar-refractivity contribution in [2.45, 2.75) is 25.7 Å². The van der Waals surface area contributed by atoms with Crippen molar-refractivity contribution >= 4 is 17.6 Å². The van der Waals surface area contributed by atoms with Crippen LogP contribution < -0.4 is 10.6 Å². The summed E-state index contributed by atoms with van der Waals surface area (Å²) in [7, 11) is 1.73. The Balaban J connectivity index is 1.88. The van der Waals surface area contributed by atoms with Crippen LogP contribution in [-0.4, -0.2) is 31.1 Å². The van der Waals surface area contributed by atoms with Crippen LogP contribution in [0.1, 0.15) is 25.1 Å². The lowest BCUT2D eigenvalue weighted by Crippen LogP contribution is -2.44. The maximum atomic E-state index is 13.2. The fraction of sp³-hybridized carbons (Fsp3) is 0.368. The van der Waals surface area contributed by atoms with Crippen molar-refractivity contribution in [3.05, 3.63) is 64.7 Å². The van der Waals surface area contributed by atoms with Gasteiger partial charge in [-0.05, 0) is 29.8 Å². The SMILES string of the molecule is CN=C(NCCc1ccccn1)NCC(C)(C)c1ccc(F)cc1Cl. The molecule has 2 rings (SSSR count). The number of nitrogens with zero attached hydrogens (tertiary/aromatic N) is 2. The summed E-state index contributed by atoms with van der Waals surface area (Å²) in [4.78, 5) is 8.53. The first-order chi connectivity index (χ1) is 11.9. The Morgan fingerprint density at radius 3 is 2.68 bits per heavy atom. The molecule has 0 aliphatic rings. The van der Waals surface area contributed by atoms with E-state index < -0.39 is 0 Å². The van der Waals surface area contributed by atoms with Gasteiger partial charge in [-0.3, -0.25) is 9.98 Å². The first-order valence-electron chi connectivity index (χ1n) is 8.22. The fourth-order valence-corrected chi connectivity index (χ4v) is 2.94. The number of halogens is 2. The van der Waals surface area contributed by atoms with Crippen LogP contribution in [0.15, 0.2) is 47.6 Å². The van der Waals surface area contributed by atoms with E-state index in [1.165, 1.54) is 12.1 Å². The summed E-state index contributed by atoms with van der Waals surface area (Å²) in [6.45, 7) is 5.45. The molecule has 25 heavy (non-hydrogen) atoms. The van der Waals surface area contributed by atoms with E-state index in [2.05, 4.69) is 34.5 Å². The van der Waals surface area contributed by atoms with Crippen LogP contribution in [0.4, 0.5) is 4.39 Å². The molecule has 0 saturated carbocycles. The van der Waals surface area contributed by atoms with Gasteiger partial charge < -0.3 is 10.6 Å². The van der Waals surface area contributed by atoms with E-state index in [4.69, 9.17) is 11.6 Å². The molecular formula is C19H24ClFN4. The molecule has 0 bridgehead atoms. The highest BCUT2D eigenvalue weighted by atomic mass is 35.5. The number of guanidine groups is 1. The van der Waals surface area contributed by atoms with Crippen molar-refractivity contribution in [1.29, 1.82) is 0 Å². The van der Waals surface area contributed by atoms with E-state index >= 15 is 0 Å². The zero-order valence-electron chi connectivity index (χ0n) is 14.8. The van der Waals surface area contributed by atoms with Gasteiger partial charge >= 0.3 is 0 Å². The Hall–Kier alpha value is -2.14. The van der Waals surface area contributed by atoms with Gasteiger partial charge in [0.25, 0.3) is 0 Å². The van der Waals surface area contributed by atoms with Crippen molar-refractivity contribution in [3.8, 4) is 0 Å². The lowest BCUT2D eigenvalue weighted by molar-refractivity contribution is 0.507. The number of hydrogen-bond acceptors (Lipinski definition) is 2. The normalized spacial score (nSPS) is 12.1. The summed E-state index contributed by atoms with van der Waals surface area (Å²) in [5.74, 6) is 0.381. The van der Waals surface area contributed by atoms with Crippen molar-refractivity contribution in [2.24, 2.45) is 4.99 Å². The molecule has 1 aromatic heterocycles. The second kappa shape index (κ2) is 8.81. The Morgan fingerprint density at radius 1 is 1.24 bits per heavy atom. The molecule has 0 aliphatic heterocycles. The standard InChI is InChI=1S/C19H24ClFN4/c1-19(2,16-8-7-14(21)12-17(16)20)13-25-18(22-3)24-11-9-15-6-4-5-10-23-15/h4-8,10,12H,9,11,13H2,1-3H3,(H2,22,24,25). The maximum Gasteiger partial charge on any atom is 0.191 e. The van der Waals surface area contributed by atoms with Crippen molar-refractivity contribution in [3.63, 3.8) is 0 Å². The molecule has 0 spiro atoms. The summed E-state index contributed by atoms with van der Waals surface area (Å²) >= 11 is 6.19. The molecule has 0 aliphatic carbocycles. The third-order valence-corrected chi connectivity index (χ3v) is 4.29. The van der Waals surface area contributed by atoms with Crippen LogP contribution in [-0.2, 0) is 11.8 Å². The fourth-order valence-electron chi connectivity index (χ4n) is 2.51. The summed E-state index contributed by atoms with van der Waals surface area (Å²) in [6.07, 6.45) is 2.60. The molecule has 0 fully saturated rings. The van der Waals surface area contributed by atoms with Crippen molar-refractivity contribution in [2.75, 3.05) is 20.1 Å². The van der Waals surface area contributed by atoms with Crippen LogP contribution >= 0.6 is 11.6 Å². The van der Waals surface area contributed by atoms with E-state index in [-0.39, 0.29) is 11.2 Å². The van der Waals surface area contributed by atoms with Crippen LogP contribution in [0.2, 0.25) is 5.02 Å². The molecule has 4 nitrogen and oxygen atoms in total. The zero-order valence-corrected chi connectivity index (χ0v) is 15.6. The minimum Gasteiger partial charge on any atom is -0.356 e. The first kappa shape index (κ1) is 19.2. The number of benzene rings is 1. The van der Waals surface area contributed by atoms with E-state index in [0.29, 0.717) is 17.5 Å². The van der Waals surface area contributed by atoms with Gasteiger partial charge in [0.2, 0.25) is 0 Å². The summed E-state index contributed by atoms with van der Waals surface area (Å²) in [5, 5.41) is 7.01. The number of rotatable bonds is 6. The molecular weight excluding hydrogens is 339 g/mol. The molecule has 0 radical (unpaired) electrons. The molecule has 1 aromatic carbocycles. The molecule has 2 aromatic rings. The molecule has 0 saturated heterocycles. The molecule has 1 heterocycles. The average Bonchev–Trinajstić information content (AvgIpc) is 2.58. The quantitative estimate of drug-likeness (QED) is 0.610. The summed E-state index contributed by atoms with van der Waals surface area (Å²) < 4.78 is 13.2. The van der Waals surface area contributed by atoms with Gasteiger partial charge in [0, 0.05) is 48.9 Å². The van der Waals surface area contributed by atoms with E-state index in [9.17, 15) is 4.39 Å². The monoisotopic (exact) mass is 362 g/mol. The third kappa shape index (κ3) is 5.71. The Bertz CT molecular complexity index is 717. The van der Waals surface area contributed by atoms with Gasteiger partial charge in [0.1, 0.15) is 5.82 Å². The van der Waals surface area contributed by atoms with Crippen LogP contribution in [0.25, 0.3) is 0 Å². The van der Waals surface area contributed by atoms with Gasteiger partial charge in [0.05, 0.1) is 0 Å². The number of aliphatic imine (C=N–C) groups is 1. The van der Waals surface area contributed by atoms with E-state index in [1.807, 2.05) is 18.2 Å². The summed E-state index contributed by atoms with van der Waals surface area (Å²) in [5.41, 5.74) is 1.65. The number of pyridine rings is 1. The predicted molar refractivity (Wildman–Crippen MR) is 102 cm³/mol. The second-order valence-electron chi connectivity index (χ2n) is 6.43. The number of nitrogens with one attached hydrogen (secondary N) is 2. The summed E-state index contributed by atoms with van der Waals surface area (Å²) in [6, 6.07) is 10.4. The molecule has 0 unspecified atom stereocenters. The maximum absolute atomic E-state index is 13.2. The van der Waals surface area contributed by atoms with Crippen LogP contribution in [0, 0.1) is 5.82 Å².